The summed E-state index contributed by atoms with van der Waals surface area (Å²) < 4.78 is 13.5. The predicted molar refractivity (Wildman–Crippen MR) is 128 cm³/mol. The van der Waals surface area contributed by atoms with E-state index in [1.165, 1.54) is 31.1 Å². The number of para-hydroxylation sites is 1. The highest BCUT2D eigenvalue weighted by Crippen LogP contribution is 2.33. The van der Waals surface area contributed by atoms with Crippen LogP contribution in [0.3, 0.4) is 0 Å². The Bertz CT molecular complexity index is 1300. The Morgan fingerprint density at radius 3 is 2.56 bits per heavy atom. The number of nitrogens with one attached hydrogen (secondary N) is 1. The number of carbonyl (C=O) groups excluding carboxylic acids is 1. The Balaban J connectivity index is 1.71. The summed E-state index contributed by atoms with van der Waals surface area (Å²) in [6.07, 6.45) is 0. The van der Waals surface area contributed by atoms with Crippen molar-refractivity contribution >= 4 is 33.3 Å². The second-order valence-corrected chi connectivity index (χ2v) is 9.52. The van der Waals surface area contributed by atoms with Gasteiger partial charge in [-0.25, -0.2) is 4.98 Å². The van der Waals surface area contributed by atoms with Gasteiger partial charge < -0.3 is 14.8 Å². The number of aryl methyl sites for hydroxylation is 1. The zero-order valence-corrected chi connectivity index (χ0v) is 19.8. The van der Waals surface area contributed by atoms with E-state index in [4.69, 9.17) is 14.5 Å². The van der Waals surface area contributed by atoms with Gasteiger partial charge in [0, 0.05) is 6.07 Å². The number of carbonyl (C=O) groups is 1. The number of ether oxygens (including phenoxy) is 2. The fourth-order valence-corrected chi connectivity index (χ4v) is 4.42. The number of nitrogens with zero attached hydrogens (tertiary/aromatic N) is 3. The van der Waals surface area contributed by atoms with Crippen LogP contribution in [0.25, 0.3) is 15.3 Å². The van der Waals surface area contributed by atoms with Gasteiger partial charge in [0.1, 0.15) is 5.82 Å². The van der Waals surface area contributed by atoms with E-state index in [9.17, 15) is 4.79 Å². The van der Waals surface area contributed by atoms with Gasteiger partial charge in [0.25, 0.3) is 5.91 Å². The third-order valence-corrected chi connectivity index (χ3v) is 6.14. The van der Waals surface area contributed by atoms with Crippen LogP contribution in [0, 0.1) is 6.92 Å². The topological polar surface area (TPSA) is 78.3 Å². The molecule has 0 saturated heterocycles. The van der Waals surface area contributed by atoms with Gasteiger partial charge in [-0.15, -0.1) is 0 Å². The van der Waals surface area contributed by atoms with Gasteiger partial charge >= 0.3 is 0 Å². The zero-order valence-electron chi connectivity index (χ0n) is 19.0. The summed E-state index contributed by atoms with van der Waals surface area (Å²) >= 11 is 1.54. The molecule has 0 atom stereocenters. The summed E-state index contributed by atoms with van der Waals surface area (Å²) in [5.41, 5.74) is 3.34. The third kappa shape index (κ3) is 4.05. The Hall–Kier alpha value is -3.39. The Kier molecular flexibility index (Phi) is 5.64. The van der Waals surface area contributed by atoms with Crippen molar-refractivity contribution in [3.8, 4) is 16.6 Å². The summed E-state index contributed by atoms with van der Waals surface area (Å²) in [5.74, 6) is 1.08. The molecule has 0 bridgehead atoms. The molecule has 2 aromatic heterocycles. The lowest BCUT2D eigenvalue weighted by atomic mass is 9.87. The molecule has 0 aliphatic rings. The molecule has 1 N–H and O–H groups in total. The number of benzene rings is 2. The maximum absolute atomic E-state index is 13.1. The first-order chi connectivity index (χ1) is 15.2. The van der Waals surface area contributed by atoms with Crippen molar-refractivity contribution in [3.05, 3.63) is 59.3 Å². The van der Waals surface area contributed by atoms with Crippen molar-refractivity contribution in [1.29, 1.82) is 0 Å². The lowest BCUT2D eigenvalue weighted by Gasteiger charge is -2.18. The van der Waals surface area contributed by atoms with Gasteiger partial charge in [-0.3, -0.25) is 4.79 Å². The fraction of sp³-hybridized carbons (Fsp3) is 0.292. The summed E-state index contributed by atoms with van der Waals surface area (Å²) in [5, 5.41) is 8.20. The van der Waals surface area contributed by atoms with Crippen LogP contribution in [0.1, 0.15) is 42.4 Å². The molecule has 4 aromatic rings. The fourth-order valence-electron chi connectivity index (χ4n) is 3.45. The summed E-state index contributed by atoms with van der Waals surface area (Å²) in [7, 11) is 3.05. The quantitative estimate of drug-likeness (QED) is 0.443. The molecule has 0 aliphatic carbocycles. The van der Waals surface area contributed by atoms with Crippen LogP contribution >= 0.6 is 11.3 Å². The van der Waals surface area contributed by atoms with E-state index in [1.807, 2.05) is 19.1 Å². The van der Waals surface area contributed by atoms with Gasteiger partial charge in [-0.2, -0.15) is 9.78 Å². The van der Waals surface area contributed by atoms with E-state index in [0.29, 0.717) is 28.0 Å². The lowest BCUT2D eigenvalue weighted by molar-refractivity contribution is 0.102. The van der Waals surface area contributed by atoms with Crippen molar-refractivity contribution < 1.29 is 14.3 Å². The molecule has 0 fully saturated rings. The molecule has 2 heterocycles. The number of thiazole rings is 1. The number of fused-ring (bicyclic) bond motifs is 1. The number of methoxy groups -OCH3 is 2. The molecule has 32 heavy (non-hydrogen) atoms. The first-order valence-electron chi connectivity index (χ1n) is 10.2. The smallest absolute Gasteiger partial charge is 0.260 e. The second-order valence-electron chi connectivity index (χ2n) is 8.51. The molecule has 0 aliphatic heterocycles. The number of amides is 1. The van der Waals surface area contributed by atoms with Gasteiger partial charge in [0.05, 0.1) is 35.7 Å². The highest BCUT2D eigenvalue weighted by atomic mass is 32.1. The number of aromatic nitrogens is 3. The van der Waals surface area contributed by atoms with Gasteiger partial charge in [-0.05, 0) is 42.2 Å². The van der Waals surface area contributed by atoms with E-state index in [0.717, 1.165) is 15.9 Å². The third-order valence-electron chi connectivity index (χ3n) is 5.15. The molecular weight excluding hydrogens is 424 g/mol. The molecule has 0 saturated carbocycles. The van der Waals surface area contributed by atoms with Crippen molar-refractivity contribution in [2.75, 3.05) is 19.5 Å². The number of hydrogen-bond acceptors (Lipinski definition) is 6. The normalized spacial score (nSPS) is 11.6. The molecule has 0 unspecified atom stereocenters. The van der Waals surface area contributed by atoms with E-state index in [-0.39, 0.29) is 11.3 Å². The van der Waals surface area contributed by atoms with Crippen molar-refractivity contribution in [2.45, 2.75) is 33.1 Å². The maximum Gasteiger partial charge on any atom is 0.260 e. The average Bonchev–Trinajstić information content (AvgIpc) is 3.34. The van der Waals surface area contributed by atoms with Crippen molar-refractivity contribution in [3.63, 3.8) is 0 Å². The molecule has 2 aromatic carbocycles. The van der Waals surface area contributed by atoms with Crippen LogP contribution in [0.4, 0.5) is 5.82 Å². The number of hydrogen-bond donors (Lipinski definition) is 1. The molecule has 7 nitrogen and oxygen atoms in total. The highest BCUT2D eigenvalue weighted by molar-refractivity contribution is 7.20. The molecule has 8 heteroatoms. The summed E-state index contributed by atoms with van der Waals surface area (Å²) in [4.78, 5) is 17.8. The van der Waals surface area contributed by atoms with E-state index >= 15 is 0 Å². The second kappa shape index (κ2) is 8.27. The first-order valence-corrected chi connectivity index (χ1v) is 11.0. The standard InChI is InChI=1S/C24H26N4O3S/c1-14-12-20(26-22(29)16-8-7-9-18(30-5)21(16)31-6)28(27-14)23-25-17-11-10-15(24(2,3)4)13-19(17)32-23/h7-13H,1-6H3,(H,26,29). The minimum absolute atomic E-state index is 0.0512. The zero-order chi connectivity index (χ0) is 23.0. The molecular formula is C24H26N4O3S. The molecule has 4 rings (SSSR count). The van der Waals surface area contributed by atoms with Crippen molar-refractivity contribution in [1.82, 2.24) is 14.8 Å². The molecule has 1 amide bonds. The lowest BCUT2D eigenvalue weighted by Crippen LogP contribution is -2.16. The maximum atomic E-state index is 13.1. The molecule has 0 radical (unpaired) electrons. The monoisotopic (exact) mass is 450 g/mol. The van der Waals surface area contributed by atoms with Gasteiger partial charge in [0.15, 0.2) is 11.5 Å². The van der Waals surface area contributed by atoms with Crippen LogP contribution in [0.5, 0.6) is 11.5 Å². The summed E-state index contributed by atoms with van der Waals surface area (Å²) in [6, 6.07) is 13.3. The predicted octanol–water partition coefficient (Wildman–Crippen LogP) is 5.36. The number of rotatable bonds is 5. The Morgan fingerprint density at radius 1 is 1.09 bits per heavy atom. The van der Waals surface area contributed by atoms with Crippen molar-refractivity contribution in [2.24, 2.45) is 0 Å². The van der Waals surface area contributed by atoms with Gasteiger partial charge in [0.2, 0.25) is 5.13 Å². The average molecular weight is 451 g/mol. The Morgan fingerprint density at radius 2 is 1.88 bits per heavy atom. The van der Waals surface area contributed by atoms with Gasteiger partial charge in [-0.1, -0.05) is 44.2 Å². The van der Waals surface area contributed by atoms with Crippen LogP contribution < -0.4 is 14.8 Å². The van der Waals surface area contributed by atoms with E-state index in [2.05, 4.69) is 43.3 Å². The van der Waals surface area contributed by atoms with Crippen LogP contribution in [0.2, 0.25) is 0 Å². The molecule has 166 valence electrons. The van der Waals surface area contributed by atoms with E-state index in [1.54, 1.807) is 22.9 Å². The number of anilines is 1. The highest BCUT2D eigenvalue weighted by Gasteiger charge is 2.20. The molecule has 0 spiro atoms. The minimum Gasteiger partial charge on any atom is -0.493 e. The SMILES string of the molecule is COc1cccc(C(=O)Nc2cc(C)nn2-c2nc3ccc(C(C)(C)C)cc3s2)c1OC. The van der Waals surface area contributed by atoms with Crippen LogP contribution in [0.15, 0.2) is 42.5 Å². The summed E-state index contributed by atoms with van der Waals surface area (Å²) in [6.45, 7) is 8.44. The first kappa shape index (κ1) is 21.8. The Labute approximate surface area is 191 Å². The van der Waals surface area contributed by atoms with Crippen LogP contribution in [-0.2, 0) is 5.41 Å². The minimum atomic E-state index is -0.321. The largest absolute Gasteiger partial charge is 0.493 e. The van der Waals surface area contributed by atoms with E-state index < -0.39 is 0 Å². The van der Waals surface area contributed by atoms with Crippen LogP contribution in [-0.4, -0.2) is 34.9 Å².